The predicted octanol–water partition coefficient (Wildman–Crippen LogP) is 4.20. The van der Waals surface area contributed by atoms with Crippen molar-refractivity contribution in [2.75, 3.05) is 30.4 Å². The van der Waals surface area contributed by atoms with Gasteiger partial charge < -0.3 is 20.3 Å². The van der Waals surface area contributed by atoms with Gasteiger partial charge in [0.15, 0.2) is 5.65 Å². The molecule has 3 aromatic heterocycles. The molecular weight excluding hydrogens is 454 g/mol. The first kappa shape index (κ1) is 22.0. The molecule has 4 aromatic rings. The zero-order chi connectivity index (χ0) is 23.5. The SMILES string of the molecule is COc1ccc(C2CN(c3cnc4[nH]ncc4c3)CCC2NC(=O)Nc2ccc(Cl)cc2)nc1. The Balaban J connectivity index is 1.36. The fourth-order valence-electron chi connectivity index (χ4n) is 4.26. The summed E-state index contributed by atoms with van der Waals surface area (Å²) >= 11 is 5.94. The van der Waals surface area contributed by atoms with E-state index in [0.29, 0.717) is 23.0 Å². The summed E-state index contributed by atoms with van der Waals surface area (Å²) < 4.78 is 5.27. The van der Waals surface area contributed by atoms with Crippen molar-refractivity contribution in [2.45, 2.75) is 18.4 Å². The molecule has 2 atom stereocenters. The van der Waals surface area contributed by atoms with Crippen molar-refractivity contribution in [1.29, 1.82) is 0 Å². The molecule has 0 spiro atoms. The normalized spacial score (nSPS) is 18.0. The first-order valence-corrected chi connectivity index (χ1v) is 11.3. The van der Waals surface area contributed by atoms with Crippen LogP contribution in [0.15, 0.2) is 61.1 Å². The number of hydrogen-bond acceptors (Lipinski definition) is 6. The lowest BCUT2D eigenvalue weighted by atomic mass is 9.88. The van der Waals surface area contributed by atoms with Gasteiger partial charge in [-0.2, -0.15) is 5.10 Å². The number of piperidine rings is 1. The number of H-pyrrole nitrogens is 1. The minimum atomic E-state index is -0.263. The number of fused-ring (bicyclic) bond motifs is 1. The van der Waals surface area contributed by atoms with Crippen LogP contribution in [0.1, 0.15) is 18.0 Å². The zero-order valence-electron chi connectivity index (χ0n) is 18.5. The van der Waals surface area contributed by atoms with E-state index >= 15 is 0 Å². The van der Waals surface area contributed by atoms with Crippen molar-refractivity contribution in [3.05, 3.63) is 71.8 Å². The third-order valence-electron chi connectivity index (χ3n) is 6.05. The number of pyridine rings is 2. The third-order valence-corrected chi connectivity index (χ3v) is 6.30. The van der Waals surface area contributed by atoms with E-state index < -0.39 is 0 Å². The highest BCUT2D eigenvalue weighted by molar-refractivity contribution is 6.30. The molecule has 0 saturated carbocycles. The molecule has 0 bridgehead atoms. The van der Waals surface area contributed by atoms with E-state index in [2.05, 4.69) is 41.8 Å². The van der Waals surface area contributed by atoms with Gasteiger partial charge in [0.05, 0.1) is 31.4 Å². The Labute approximate surface area is 201 Å². The maximum atomic E-state index is 12.8. The van der Waals surface area contributed by atoms with E-state index in [0.717, 1.165) is 35.4 Å². The lowest BCUT2D eigenvalue weighted by Gasteiger charge is -2.39. The van der Waals surface area contributed by atoms with Crippen molar-refractivity contribution in [3.8, 4) is 5.75 Å². The van der Waals surface area contributed by atoms with E-state index in [1.807, 2.05) is 18.3 Å². The van der Waals surface area contributed by atoms with Gasteiger partial charge >= 0.3 is 6.03 Å². The third kappa shape index (κ3) is 4.74. The molecule has 1 aliphatic heterocycles. The number of amides is 2. The second kappa shape index (κ2) is 9.56. The second-order valence-corrected chi connectivity index (χ2v) is 8.61. The van der Waals surface area contributed by atoms with Crippen LogP contribution in [0, 0.1) is 0 Å². The number of aromatic amines is 1. The number of nitrogens with zero attached hydrogens (tertiary/aromatic N) is 4. The molecule has 9 nitrogen and oxygen atoms in total. The van der Waals surface area contributed by atoms with Crippen LogP contribution in [-0.4, -0.2) is 52.4 Å². The monoisotopic (exact) mass is 477 g/mol. The van der Waals surface area contributed by atoms with Crippen LogP contribution in [0.5, 0.6) is 5.75 Å². The average molecular weight is 478 g/mol. The summed E-state index contributed by atoms with van der Waals surface area (Å²) in [5.41, 5.74) is 3.33. The number of benzene rings is 1. The Morgan fingerprint density at radius 2 is 2.00 bits per heavy atom. The molecule has 2 amide bonds. The lowest BCUT2D eigenvalue weighted by Crippen LogP contribution is -2.51. The molecule has 34 heavy (non-hydrogen) atoms. The van der Waals surface area contributed by atoms with E-state index in [4.69, 9.17) is 16.3 Å². The summed E-state index contributed by atoms with van der Waals surface area (Å²) in [5, 5.41) is 14.5. The quantitative estimate of drug-likeness (QED) is 0.397. The van der Waals surface area contributed by atoms with Crippen LogP contribution < -0.4 is 20.3 Å². The van der Waals surface area contributed by atoms with Gasteiger partial charge in [-0.15, -0.1) is 0 Å². The largest absolute Gasteiger partial charge is 0.495 e. The number of carbonyl (C=O) groups is 1. The molecular formula is C24H24ClN7O2. The first-order valence-electron chi connectivity index (χ1n) is 11.0. The number of hydrogen-bond donors (Lipinski definition) is 3. The summed E-state index contributed by atoms with van der Waals surface area (Å²) in [7, 11) is 1.61. The number of carbonyl (C=O) groups excluding carboxylic acids is 1. The molecule has 1 aromatic carbocycles. The molecule has 0 aliphatic carbocycles. The van der Waals surface area contributed by atoms with E-state index in [1.54, 1.807) is 43.8 Å². The summed E-state index contributed by atoms with van der Waals surface area (Å²) in [6.45, 7) is 1.44. The topological polar surface area (TPSA) is 108 Å². The highest BCUT2D eigenvalue weighted by atomic mass is 35.5. The average Bonchev–Trinajstić information content (AvgIpc) is 3.34. The maximum Gasteiger partial charge on any atom is 0.319 e. The summed E-state index contributed by atoms with van der Waals surface area (Å²) in [6, 6.07) is 12.6. The highest BCUT2D eigenvalue weighted by Gasteiger charge is 2.33. The Kier molecular flexibility index (Phi) is 6.18. The van der Waals surface area contributed by atoms with E-state index in [-0.39, 0.29) is 18.0 Å². The number of halogens is 1. The molecule has 4 heterocycles. The van der Waals surface area contributed by atoms with Gasteiger partial charge in [-0.3, -0.25) is 10.1 Å². The highest BCUT2D eigenvalue weighted by Crippen LogP contribution is 2.31. The molecule has 174 valence electrons. The van der Waals surface area contributed by atoms with Crippen LogP contribution in [0.3, 0.4) is 0 Å². The van der Waals surface area contributed by atoms with Crippen molar-refractivity contribution >= 4 is 40.0 Å². The fourth-order valence-corrected chi connectivity index (χ4v) is 4.38. The smallest absolute Gasteiger partial charge is 0.319 e. The Morgan fingerprint density at radius 3 is 2.76 bits per heavy atom. The molecule has 10 heteroatoms. The van der Waals surface area contributed by atoms with Gasteiger partial charge in [0, 0.05) is 46.8 Å². The number of urea groups is 1. The standard InChI is InChI=1S/C24H24ClN7O2/c1-34-19-6-7-21(26-13-19)20-14-32(18-10-15-11-28-31-23(15)27-12-18)9-8-22(20)30-24(33)29-17-4-2-16(25)3-5-17/h2-7,10-13,20,22H,8-9,14H2,1H3,(H,27,28,31)(H2,29,30,33). The number of ether oxygens (including phenoxy) is 1. The van der Waals surface area contributed by atoms with E-state index in [9.17, 15) is 4.79 Å². The number of methoxy groups -OCH3 is 1. The molecule has 5 rings (SSSR count). The van der Waals surface area contributed by atoms with Gasteiger partial charge in [0.1, 0.15) is 5.75 Å². The van der Waals surface area contributed by atoms with Crippen molar-refractivity contribution in [1.82, 2.24) is 25.5 Å². The number of nitrogens with one attached hydrogen (secondary N) is 3. The van der Waals surface area contributed by atoms with Crippen LogP contribution in [-0.2, 0) is 0 Å². The summed E-state index contributed by atoms with van der Waals surface area (Å²) in [6.07, 6.45) is 6.07. The number of rotatable bonds is 5. The first-order chi connectivity index (χ1) is 16.6. The lowest BCUT2D eigenvalue weighted by molar-refractivity contribution is 0.243. The summed E-state index contributed by atoms with van der Waals surface area (Å²) in [5.74, 6) is 0.659. The Bertz CT molecular complexity index is 1280. The van der Waals surface area contributed by atoms with E-state index in [1.165, 1.54) is 0 Å². The van der Waals surface area contributed by atoms with Gasteiger partial charge in [-0.25, -0.2) is 9.78 Å². The van der Waals surface area contributed by atoms with Gasteiger partial charge in [0.25, 0.3) is 0 Å². The Morgan fingerprint density at radius 1 is 1.15 bits per heavy atom. The molecule has 0 radical (unpaired) electrons. The van der Waals surface area contributed by atoms with Crippen molar-refractivity contribution in [2.24, 2.45) is 0 Å². The van der Waals surface area contributed by atoms with Crippen molar-refractivity contribution in [3.63, 3.8) is 0 Å². The predicted molar refractivity (Wildman–Crippen MR) is 132 cm³/mol. The molecule has 1 aliphatic rings. The van der Waals surface area contributed by atoms with Gasteiger partial charge in [-0.1, -0.05) is 11.6 Å². The second-order valence-electron chi connectivity index (χ2n) is 8.18. The van der Waals surface area contributed by atoms with Gasteiger partial charge in [-0.05, 0) is 48.9 Å². The molecule has 2 unspecified atom stereocenters. The fraction of sp³-hybridized carbons (Fsp3) is 0.250. The summed E-state index contributed by atoms with van der Waals surface area (Å²) in [4.78, 5) is 24.2. The zero-order valence-corrected chi connectivity index (χ0v) is 19.3. The minimum Gasteiger partial charge on any atom is -0.495 e. The number of anilines is 2. The minimum absolute atomic E-state index is 0.0318. The molecule has 3 N–H and O–H groups in total. The van der Waals surface area contributed by atoms with Crippen LogP contribution in [0.25, 0.3) is 11.0 Å². The molecule has 1 fully saturated rings. The molecule has 1 saturated heterocycles. The van der Waals surface area contributed by atoms with Crippen LogP contribution in [0.4, 0.5) is 16.2 Å². The van der Waals surface area contributed by atoms with Gasteiger partial charge in [0.2, 0.25) is 0 Å². The van der Waals surface area contributed by atoms with Crippen molar-refractivity contribution < 1.29 is 9.53 Å². The van der Waals surface area contributed by atoms with Crippen LogP contribution in [0.2, 0.25) is 5.02 Å². The number of aromatic nitrogens is 4. The van der Waals surface area contributed by atoms with Crippen LogP contribution >= 0.6 is 11.6 Å². The Hall–Kier alpha value is -3.85. The maximum absolute atomic E-state index is 12.8.